The van der Waals surface area contributed by atoms with Gasteiger partial charge in [0.1, 0.15) is 0 Å². The number of hydrogen-bond acceptors (Lipinski definition) is 4. The lowest BCUT2D eigenvalue weighted by Crippen LogP contribution is -2.37. The summed E-state index contributed by atoms with van der Waals surface area (Å²) in [6.45, 7) is 7.10. The molecular weight excluding hydrogens is 262 g/mol. The van der Waals surface area contributed by atoms with Gasteiger partial charge in [-0.2, -0.15) is 4.31 Å². The molecule has 0 saturated carbocycles. The molecule has 0 bridgehead atoms. The third-order valence-corrected chi connectivity index (χ3v) is 4.62. The molecule has 0 aliphatic heterocycles. The summed E-state index contributed by atoms with van der Waals surface area (Å²) in [5.41, 5.74) is 0.768. The van der Waals surface area contributed by atoms with Crippen molar-refractivity contribution in [1.29, 1.82) is 0 Å². The van der Waals surface area contributed by atoms with Crippen LogP contribution in [0.2, 0.25) is 0 Å². The zero-order chi connectivity index (χ0) is 14.3. The van der Waals surface area contributed by atoms with Gasteiger partial charge in [0, 0.05) is 25.3 Å². The Balaban J connectivity index is 2.62. The van der Waals surface area contributed by atoms with Crippen molar-refractivity contribution in [2.45, 2.75) is 33.4 Å². The molecule has 108 valence electrons. The molecule has 0 spiro atoms. The van der Waals surface area contributed by atoms with E-state index in [0.29, 0.717) is 25.7 Å². The molecule has 1 aromatic rings. The summed E-state index contributed by atoms with van der Waals surface area (Å²) < 4.78 is 25.9. The van der Waals surface area contributed by atoms with Crippen molar-refractivity contribution in [2.24, 2.45) is 0 Å². The lowest BCUT2D eigenvalue weighted by molar-refractivity contribution is 0.417. The number of nitrogens with one attached hydrogen (secondary N) is 1. The van der Waals surface area contributed by atoms with E-state index in [9.17, 15) is 8.42 Å². The first-order valence-electron chi connectivity index (χ1n) is 6.57. The summed E-state index contributed by atoms with van der Waals surface area (Å²) in [4.78, 5) is 4.17. The highest BCUT2D eigenvalue weighted by atomic mass is 32.2. The van der Waals surface area contributed by atoms with Crippen LogP contribution in [0.15, 0.2) is 24.4 Å². The zero-order valence-corrected chi connectivity index (χ0v) is 12.7. The van der Waals surface area contributed by atoms with Crippen LogP contribution in [-0.4, -0.2) is 42.6 Å². The van der Waals surface area contributed by atoms with Crippen molar-refractivity contribution >= 4 is 10.0 Å². The number of aromatic nitrogens is 1. The molecule has 1 heterocycles. The van der Waals surface area contributed by atoms with Crippen LogP contribution < -0.4 is 5.32 Å². The van der Waals surface area contributed by atoms with E-state index >= 15 is 0 Å². The molecule has 0 fully saturated rings. The first-order valence-corrected chi connectivity index (χ1v) is 8.17. The second kappa shape index (κ2) is 7.57. The molecular formula is C13H23N3O2S. The first kappa shape index (κ1) is 16.1. The molecule has 0 unspecified atom stereocenters. The normalized spacial score (nSPS) is 12.3. The van der Waals surface area contributed by atoms with Gasteiger partial charge >= 0.3 is 0 Å². The van der Waals surface area contributed by atoms with E-state index in [-0.39, 0.29) is 5.75 Å². The minimum Gasteiger partial charge on any atom is -0.313 e. The molecule has 0 atom stereocenters. The van der Waals surface area contributed by atoms with Gasteiger partial charge in [0.25, 0.3) is 0 Å². The summed E-state index contributed by atoms with van der Waals surface area (Å²) in [5.74, 6) is 0.117. The van der Waals surface area contributed by atoms with E-state index in [1.807, 2.05) is 39.0 Å². The van der Waals surface area contributed by atoms with Gasteiger partial charge in [0.2, 0.25) is 10.0 Å². The van der Waals surface area contributed by atoms with E-state index in [0.717, 1.165) is 5.69 Å². The third kappa shape index (κ3) is 5.67. The van der Waals surface area contributed by atoms with Crippen LogP contribution in [0.4, 0.5) is 0 Å². The molecule has 0 aliphatic rings. The van der Waals surface area contributed by atoms with Crippen molar-refractivity contribution in [3.8, 4) is 0 Å². The Labute approximate surface area is 116 Å². The average Bonchev–Trinajstić information content (AvgIpc) is 2.36. The predicted octanol–water partition coefficient (Wildman–Crippen LogP) is 1.23. The van der Waals surface area contributed by atoms with Crippen LogP contribution in [0, 0.1) is 0 Å². The quantitative estimate of drug-likeness (QED) is 0.780. The van der Waals surface area contributed by atoms with Gasteiger partial charge in [-0.05, 0) is 12.1 Å². The second-order valence-corrected chi connectivity index (χ2v) is 6.76. The maximum Gasteiger partial charge on any atom is 0.215 e. The second-order valence-electron chi connectivity index (χ2n) is 4.67. The van der Waals surface area contributed by atoms with Gasteiger partial charge in [0.15, 0.2) is 0 Å². The van der Waals surface area contributed by atoms with Gasteiger partial charge in [0.05, 0.1) is 18.0 Å². The minimum atomic E-state index is -3.24. The highest BCUT2D eigenvalue weighted by molar-refractivity contribution is 7.89. The van der Waals surface area contributed by atoms with Crippen LogP contribution in [0.25, 0.3) is 0 Å². The maximum absolute atomic E-state index is 12.2. The van der Waals surface area contributed by atoms with Gasteiger partial charge in [-0.25, -0.2) is 8.42 Å². The topological polar surface area (TPSA) is 62.3 Å². The van der Waals surface area contributed by atoms with E-state index in [1.54, 1.807) is 6.20 Å². The lowest BCUT2D eigenvalue weighted by Gasteiger charge is -2.20. The van der Waals surface area contributed by atoms with Gasteiger partial charge in [-0.1, -0.05) is 26.8 Å². The number of rotatable bonds is 8. The molecule has 1 rings (SSSR count). The van der Waals surface area contributed by atoms with Crippen LogP contribution >= 0.6 is 0 Å². The van der Waals surface area contributed by atoms with E-state index in [1.165, 1.54) is 4.31 Å². The predicted molar refractivity (Wildman–Crippen MR) is 77.2 cm³/mol. The van der Waals surface area contributed by atoms with E-state index in [2.05, 4.69) is 10.3 Å². The monoisotopic (exact) mass is 285 g/mol. The summed E-state index contributed by atoms with van der Waals surface area (Å²) >= 11 is 0. The SMILES string of the molecule is CCN(Cc1ccccn1)S(=O)(=O)CCNC(C)C. The molecule has 0 aliphatic carbocycles. The number of sulfonamides is 1. The lowest BCUT2D eigenvalue weighted by atomic mass is 10.3. The fraction of sp³-hybridized carbons (Fsp3) is 0.615. The zero-order valence-electron chi connectivity index (χ0n) is 11.8. The van der Waals surface area contributed by atoms with Gasteiger partial charge in [-0.15, -0.1) is 0 Å². The average molecular weight is 285 g/mol. The van der Waals surface area contributed by atoms with Crippen molar-refractivity contribution in [3.63, 3.8) is 0 Å². The highest BCUT2D eigenvalue weighted by Gasteiger charge is 2.20. The molecule has 0 aromatic carbocycles. The standard InChI is InChI=1S/C13H23N3O2S/c1-4-16(11-13-7-5-6-8-15-13)19(17,18)10-9-14-12(2)3/h5-8,12,14H,4,9-11H2,1-3H3. The van der Waals surface area contributed by atoms with Crippen LogP contribution in [0.5, 0.6) is 0 Å². The molecule has 0 saturated heterocycles. The Kier molecular flexibility index (Phi) is 6.41. The Hall–Kier alpha value is -0.980. The molecule has 0 amide bonds. The minimum absolute atomic E-state index is 0.117. The summed E-state index contributed by atoms with van der Waals surface area (Å²) in [5, 5.41) is 3.12. The smallest absolute Gasteiger partial charge is 0.215 e. The Morgan fingerprint density at radius 3 is 2.63 bits per heavy atom. The first-order chi connectivity index (χ1) is 8.95. The Bertz CT molecular complexity index is 460. The van der Waals surface area contributed by atoms with Crippen LogP contribution in [-0.2, 0) is 16.6 Å². The number of pyridine rings is 1. The van der Waals surface area contributed by atoms with Crippen LogP contribution in [0.3, 0.4) is 0 Å². The molecule has 6 heteroatoms. The largest absolute Gasteiger partial charge is 0.313 e. The molecule has 0 radical (unpaired) electrons. The van der Waals surface area contributed by atoms with Crippen molar-refractivity contribution in [3.05, 3.63) is 30.1 Å². The molecule has 1 aromatic heterocycles. The van der Waals surface area contributed by atoms with Crippen LogP contribution in [0.1, 0.15) is 26.5 Å². The van der Waals surface area contributed by atoms with Crippen molar-refractivity contribution in [2.75, 3.05) is 18.8 Å². The highest BCUT2D eigenvalue weighted by Crippen LogP contribution is 2.07. The maximum atomic E-state index is 12.2. The molecule has 5 nitrogen and oxygen atoms in total. The van der Waals surface area contributed by atoms with Crippen molar-refractivity contribution < 1.29 is 8.42 Å². The van der Waals surface area contributed by atoms with E-state index < -0.39 is 10.0 Å². The number of hydrogen-bond donors (Lipinski definition) is 1. The fourth-order valence-corrected chi connectivity index (χ4v) is 3.04. The summed E-state index contributed by atoms with van der Waals surface area (Å²) in [6.07, 6.45) is 1.68. The van der Waals surface area contributed by atoms with E-state index in [4.69, 9.17) is 0 Å². The third-order valence-electron chi connectivity index (χ3n) is 2.72. The number of nitrogens with zero attached hydrogens (tertiary/aromatic N) is 2. The summed E-state index contributed by atoms with van der Waals surface area (Å²) in [7, 11) is -3.24. The fourth-order valence-electron chi connectivity index (χ4n) is 1.68. The van der Waals surface area contributed by atoms with Crippen molar-refractivity contribution in [1.82, 2.24) is 14.6 Å². The van der Waals surface area contributed by atoms with Gasteiger partial charge < -0.3 is 5.32 Å². The summed E-state index contributed by atoms with van der Waals surface area (Å²) in [6, 6.07) is 5.81. The molecule has 1 N–H and O–H groups in total. The Morgan fingerprint density at radius 2 is 2.11 bits per heavy atom. The Morgan fingerprint density at radius 1 is 1.37 bits per heavy atom. The molecule has 19 heavy (non-hydrogen) atoms. The van der Waals surface area contributed by atoms with Gasteiger partial charge in [-0.3, -0.25) is 4.98 Å².